The number of amides is 1. The molecule has 0 aromatic carbocycles. The van der Waals surface area contributed by atoms with Crippen LogP contribution in [0.25, 0.3) is 0 Å². The highest BCUT2D eigenvalue weighted by Gasteiger charge is 2.13. The van der Waals surface area contributed by atoms with Crippen LogP contribution < -0.4 is 5.32 Å². The maximum Gasteiger partial charge on any atom is 0.354 e. The Morgan fingerprint density at radius 1 is 1.64 bits per heavy atom. The van der Waals surface area contributed by atoms with E-state index in [0.717, 1.165) is 6.08 Å². The number of rotatable bonds is 3. The van der Waals surface area contributed by atoms with Gasteiger partial charge in [0.25, 0.3) is 0 Å². The molecule has 0 radical (unpaired) electrons. The third-order valence-electron chi connectivity index (χ3n) is 1.61. The Kier molecular flexibility index (Phi) is 2.71. The normalized spacial score (nSPS) is 9.50. The maximum absolute atomic E-state index is 10.9. The molecule has 3 N–H and O–H groups in total. The van der Waals surface area contributed by atoms with Crippen molar-refractivity contribution in [2.45, 2.75) is 6.92 Å². The number of hydrogen-bond acceptors (Lipinski definition) is 2. The number of anilines is 1. The Bertz CT molecular complexity index is 393. The molecule has 0 fully saturated rings. The Labute approximate surface area is 80.4 Å². The van der Waals surface area contributed by atoms with E-state index in [4.69, 9.17) is 5.11 Å². The summed E-state index contributed by atoms with van der Waals surface area (Å²) in [7, 11) is 0. The molecule has 0 spiro atoms. The second kappa shape index (κ2) is 3.78. The highest BCUT2D eigenvalue weighted by molar-refractivity contribution is 6.03. The summed E-state index contributed by atoms with van der Waals surface area (Å²) in [6.45, 7) is 4.97. The minimum absolute atomic E-state index is 0.0299. The lowest BCUT2D eigenvalue weighted by molar-refractivity contribution is -0.111. The van der Waals surface area contributed by atoms with Gasteiger partial charge in [-0.05, 0) is 19.1 Å². The Balaban J connectivity index is 3.01. The zero-order valence-corrected chi connectivity index (χ0v) is 7.63. The molecule has 1 aromatic rings. The van der Waals surface area contributed by atoms with Gasteiger partial charge in [0.2, 0.25) is 5.91 Å². The van der Waals surface area contributed by atoms with E-state index in [-0.39, 0.29) is 11.4 Å². The van der Waals surface area contributed by atoms with E-state index in [1.165, 1.54) is 0 Å². The molecule has 0 saturated heterocycles. The van der Waals surface area contributed by atoms with E-state index < -0.39 is 11.9 Å². The second-order valence-electron chi connectivity index (χ2n) is 2.74. The molecule has 74 valence electrons. The minimum Gasteiger partial charge on any atom is -0.477 e. The van der Waals surface area contributed by atoms with Gasteiger partial charge in [0.15, 0.2) is 0 Å². The molecule has 0 saturated carbocycles. The van der Waals surface area contributed by atoms with Crippen molar-refractivity contribution >= 4 is 17.6 Å². The molecule has 14 heavy (non-hydrogen) atoms. The predicted octanol–water partition coefficient (Wildman–Crippen LogP) is 1.15. The van der Waals surface area contributed by atoms with E-state index in [1.54, 1.807) is 13.0 Å². The summed E-state index contributed by atoms with van der Waals surface area (Å²) in [5, 5.41) is 11.1. The Morgan fingerprint density at radius 3 is 2.79 bits per heavy atom. The van der Waals surface area contributed by atoms with Crippen LogP contribution in [-0.2, 0) is 4.79 Å². The molecule has 1 heterocycles. The number of H-pyrrole nitrogens is 1. The van der Waals surface area contributed by atoms with E-state index >= 15 is 0 Å². The molecule has 0 aliphatic carbocycles. The fraction of sp³-hybridized carbons (Fsp3) is 0.111. The number of carbonyl (C=O) groups is 2. The standard InChI is InChI=1S/C9H10N2O3/c1-3-7(12)11-6-4-5(2)10-8(6)9(13)14/h3-4,10H,1H2,2H3,(H,11,12)(H,13,14). The van der Waals surface area contributed by atoms with Crippen LogP contribution >= 0.6 is 0 Å². The Morgan fingerprint density at radius 2 is 2.29 bits per heavy atom. The molecule has 0 atom stereocenters. The first-order chi connectivity index (χ1) is 6.54. The Hall–Kier alpha value is -2.04. The fourth-order valence-corrected chi connectivity index (χ4v) is 1.04. The number of aromatic nitrogens is 1. The highest BCUT2D eigenvalue weighted by Crippen LogP contribution is 2.16. The first-order valence-corrected chi connectivity index (χ1v) is 3.91. The summed E-state index contributed by atoms with van der Waals surface area (Å²) in [5.41, 5.74) is 0.888. The topological polar surface area (TPSA) is 82.2 Å². The lowest BCUT2D eigenvalue weighted by Gasteiger charge is -1.99. The monoisotopic (exact) mass is 194 g/mol. The lowest BCUT2D eigenvalue weighted by Crippen LogP contribution is -2.10. The summed E-state index contributed by atoms with van der Waals surface area (Å²) < 4.78 is 0. The van der Waals surface area contributed by atoms with Crippen LogP contribution in [-0.4, -0.2) is 22.0 Å². The van der Waals surface area contributed by atoms with Gasteiger partial charge in [-0.3, -0.25) is 4.79 Å². The van der Waals surface area contributed by atoms with Crippen LogP contribution in [0, 0.1) is 6.92 Å². The van der Waals surface area contributed by atoms with E-state index in [9.17, 15) is 9.59 Å². The van der Waals surface area contributed by atoms with Gasteiger partial charge in [-0.2, -0.15) is 0 Å². The second-order valence-corrected chi connectivity index (χ2v) is 2.74. The van der Waals surface area contributed by atoms with E-state index in [1.807, 2.05) is 0 Å². The van der Waals surface area contributed by atoms with E-state index in [0.29, 0.717) is 5.69 Å². The number of carbonyl (C=O) groups excluding carboxylic acids is 1. The van der Waals surface area contributed by atoms with Crippen molar-refractivity contribution in [3.8, 4) is 0 Å². The van der Waals surface area contributed by atoms with E-state index in [2.05, 4.69) is 16.9 Å². The number of hydrogen-bond donors (Lipinski definition) is 3. The minimum atomic E-state index is -1.11. The van der Waals surface area contributed by atoms with Crippen molar-refractivity contribution < 1.29 is 14.7 Å². The third-order valence-corrected chi connectivity index (χ3v) is 1.61. The number of aromatic amines is 1. The summed E-state index contributed by atoms with van der Waals surface area (Å²) in [6.07, 6.45) is 1.08. The third kappa shape index (κ3) is 2.01. The van der Waals surface area contributed by atoms with Gasteiger partial charge in [-0.15, -0.1) is 0 Å². The van der Waals surface area contributed by atoms with Crippen LogP contribution in [0.4, 0.5) is 5.69 Å². The van der Waals surface area contributed by atoms with Gasteiger partial charge < -0.3 is 15.4 Å². The molecular weight excluding hydrogens is 184 g/mol. The van der Waals surface area contributed by atoms with Crippen LogP contribution in [0.3, 0.4) is 0 Å². The zero-order valence-electron chi connectivity index (χ0n) is 7.63. The van der Waals surface area contributed by atoms with Crippen LogP contribution in [0.1, 0.15) is 16.2 Å². The van der Waals surface area contributed by atoms with Gasteiger partial charge in [0, 0.05) is 5.69 Å². The zero-order chi connectivity index (χ0) is 10.7. The van der Waals surface area contributed by atoms with Gasteiger partial charge in [-0.1, -0.05) is 6.58 Å². The molecule has 1 rings (SSSR count). The van der Waals surface area contributed by atoms with Crippen LogP contribution in [0.15, 0.2) is 18.7 Å². The molecule has 5 nitrogen and oxygen atoms in total. The molecule has 5 heteroatoms. The number of carboxylic acids is 1. The van der Waals surface area contributed by atoms with Crippen molar-refractivity contribution in [3.05, 3.63) is 30.1 Å². The predicted molar refractivity (Wildman–Crippen MR) is 51.3 cm³/mol. The molecule has 1 amide bonds. The molecule has 0 aliphatic heterocycles. The van der Waals surface area contributed by atoms with Crippen molar-refractivity contribution in [2.24, 2.45) is 0 Å². The van der Waals surface area contributed by atoms with Gasteiger partial charge in [-0.25, -0.2) is 4.79 Å². The van der Waals surface area contributed by atoms with Crippen LogP contribution in [0.5, 0.6) is 0 Å². The lowest BCUT2D eigenvalue weighted by atomic mass is 10.3. The van der Waals surface area contributed by atoms with Crippen LogP contribution in [0.2, 0.25) is 0 Å². The number of aromatic carboxylic acids is 1. The molecular formula is C9H10N2O3. The van der Waals surface area contributed by atoms with Crippen molar-refractivity contribution in [2.75, 3.05) is 5.32 Å². The summed E-state index contributed by atoms with van der Waals surface area (Å²) in [5.74, 6) is -1.55. The number of aryl methyl sites for hydroxylation is 1. The highest BCUT2D eigenvalue weighted by atomic mass is 16.4. The molecule has 0 unspecified atom stereocenters. The first-order valence-electron chi connectivity index (χ1n) is 3.91. The van der Waals surface area contributed by atoms with Crippen molar-refractivity contribution in [1.82, 2.24) is 4.98 Å². The smallest absolute Gasteiger partial charge is 0.354 e. The number of carboxylic acid groups (broad SMARTS) is 1. The number of nitrogens with one attached hydrogen (secondary N) is 2. The molecule has 0 aliphatic rings. The summed E-state index contributed by atoms with van der Waals surface area (Å²) in [6, 6.07) is 1.55. The van der Waals surface area contributed by atoms with Crippen molar-refractivity contribution in [3.63, 3.8) is 0 Å². The largest absolute Gasteiger partial charge is 0.477 e. The molecule has 0 bridgehead atoms. The summed E-state index contributed by atoms with van der Waals surface area (Å²) >= 11 is 0. The average Bonchev–Trinajstić information content (AvgIpc) is 2.46. The summed E-state index contributed by atoms with van der Waals surface area (Å²) in [4.78, 5) is 24.3. The average molecular weight is 194 g/mol. The van der Waals surface area contributed by atoms with Crippen molar-refractivity contribution in [1.29, 1.82) is 0 Å². The maximum atomic E-state index is 10.9. The first kappa shape index (κ1) is 10.0. The van der Waals surface area contributed by atoms with Gasteiger partial charge in [0.1, 0.15) is 5.69 Å². The quantitative estimate of drug-likeness (QED) is 0.631. The molecule has 1 aromatic heterocycles. The van der Waals surface area contributed by atoms with Gasteiger partial charge >= 0.3 is 5.97 Å². The van der Waals surface area contributed by atoms with Gasteiger partial charge in [0.05, 0.1) is 5.69 Å². The SMILES string of the molecule is C=CC(=O)Nc1cc(C)[nH]c1C(=O)O. The fourth-order valence-electron chi connectivity index (χ4n) is 1.04.